The maximum Gasteiger partial charge on any atom is 0.0402 e. The lowest BCUT2D eigenvalue weighted by molar-refractivity contribution is 0.318. The zero-order valence-electron chi connectivity index (χ0n) is 7.96. The molecule has 0 spiro atoms. The van der Waals surface area contributed by atoms with Crippen molar-refractivity contribution in [2.75, 3.05) is 19.8 Å². The van der Waals surface area contributed by atoms with E-state index in [0.29, 0.717) is 0 Å². The van der Waals surface area contributed by atoms with Gasteiger partial charge in [0.15, 0.2) is 0 Å². The Kier molecular flexibility index (Phi) is 460. The third-order valence-corrected chi connectivity index (χ3v) is 0. The first-order valence-corrected chi connectivity index (χ1v) is 3.07. The molecule has 0 amide bonds. The van der Waals surface area contributed by atoms with Crippen LogP contribution in [0.25, 0.3) is 0 Å². The Bertz CT molecular complexity index is 16.8. The molecule has 0 rings (SSSR count). The van der Waals surface area contributed by atoms with Gasteiger partial charge < -0.3 is 31.7 Å². The van der Waals surface area contributed by atoms with Crippen LogP contribution in [0.4, 0.5) is 0 Å². The molecular weight excluding hydrogens is 168 g/mol. The molecule has 84 valence electrons. The summed E-state index contributed by atoms with van der Waals surface area (Å²) >= 11 is 0. The van der Waals surface area contributed by atoms with Crippen LogP contribution in [0.2, 0.25) is 0 Å². The van der Waals surface area contributed by atoms with Crippen molar-refractivity contribution < 1.29 is 31.7 Å². The number of rotatable bonds is 0. The predicted octanol–water partition coefficient (Wildman–Crippen LogP) is -2.48. The van der Waals surface area contributed by atoms with Crippen LogP contribution in [0.1, 0.15) is 20.8 Å². The molecule has 0 aromatic carbocycles. The summed E-state index contributed by atoms with van der Waals surface area (Å²) in [6.07, 6.45) is 0. The highest BCUT2D eigenvalue weighted by Crippen LogP contribution is 1.30. The number of aliphatic hydroxyl groups is 3. The van der Waals surface area contributed by atoms with E-state index in [0.717, 1.165) is 0 Å². The van der Waals surface area contributed by atoms with Gasteiger partial charge >= 0.3 is 0 Å². The molecule has 12 heavy (non-hydrogen) atoms. The fourth-order valence-corrected chi connectivity index (χ4v) is 0. The Hall–Kier alpha value is -0.240. The smallest absolute Gasteiger partial charge is 0.0402 e. The van der Waals surface area contributed by atoms with Gasteiger partial charge in [0, 0.05) is 19.8 Å². The van der Waals surface area contributed by atoms with Crippen LogP contribution in [0, 0.1) is 0 Å². The normalized spacial score (nSPS) is 4.50. The number of aliphatic hydroxyl groups excluding tert-OH is 3. The molecule has 0 heterocycles. The molecule has 6 heteroatoms. The maximum absolute atomic E-state index is 7.57. The van der Waals surface area contributed by atoms with Crippen LogP contribution in [-0.2, 0) is 0 Å². The quantitative estimate of drug-likeness (QED) is 0.389. The van der Waals surface area contributed by atoms with Crippen molar-refractivity contribution in [1.29, 1.82) is 0 Å². The van der Waals surface area contributed by atoms with Crippen molar-refractivity contribution in [2.45, 2.75) is 20.8 Å². The topological polar surface area (TPSA) is 155 Å². The zero-order valence-corrected chi connectivity index (χ0v) is 7.96. The molecule has 0 radical (unpaired) electrons. The van der Waals surface area contributed by atoms with E-state index in [1.165, 1.54) is 0 Å². The van der Waals surface area contributed by atoms with Gasteiger partial charge in [-0.2, -0.15) is 0 Å². The molecule has 0 aromatic rings. The summed E-state index contributed by atoms with van der Waals surface area (Å²) in [6.45, 7) is 5.79. The summed E-state index contributed by atoms with van der Waals surface area (Å²) in [4.78, 5) is 0. The Morgan fingerprint density at radius 1 is 0.583 bits per heavy atom. The van der Waals surface area contributed by atoms with Gasteiger partial charge in [0.1, 0.15) is 0 Å². The van der Waals surface area contributed by atoms with Crippen molar-refractivity contribution in [3.8, 4) is 0 Å². The average Bonchev–Trinajstić information content (AvgIpc) is 1.70. The largest absolute Gasteiger partial charge is 0.412 e. The first-order chi connectivity index (χ1) is 4.24. The van der Waals surface area contributed by atoms with Crippen molar-refractivity contribution in [1.82, 2.24) is 0 Å². The highest BCUT2D eigenvalue weighted by atomic mass is 16.3. The van der Waals surface area contributed by atoms with E-state index in [9.17, 15) is 0 Å². The molecule has 0 bridgehead atoms. The van der Waals surface area contributed by atoms with E-state index in [4.69, 9.17) is 15.3 Å². The van der Waals surface area contributed by atoms with Gasteiger partial charge in [0.25, 0.3) is 0 Å². The number of hydrogen-bond donors (Lipinski definition) is 3. The standard InChI is InChI=1S/3C2H6O.3H2O/c3*1-2-3;;;/h3*3H,2H2,1H3;3*1H2. The van der Waals surface area contributed by atoms with E-state index in [1.54, 1.807) is 20.8 Å². The van der Waals surface area contributed by atoms with Crippen molar-refractivity contribution >= 4 is 0 Å². The minimum absolute atomic E-state index is 0. The fourth-order valence-electron chi connectivity index (χ4n) is 0. The maximum atomic E-state index is 7.57. The van der Waals surface area contributed by atoms with Crippen LogP contribution < -0.4 is 0 Å². The lowest BCUT2D eigenvalue weighted by Gasteiger charge is -1.52. The summed E-state index contributed by atoms with van der Waals surface area (Å²) in [5.74, 6) is 0. The highest BCUT2D eigenvalue weighted by Gasteiger charge is 1.35. The second-order valence-corrected chi connectivity index (χ2v) is 0.949. The minimum Gasteiger partial charge on any atom is -0.412 e. The molecule has 0 aromatic heterocycles. The molecule has 0 aliphatic carbocycles. The molecule has 0 fully saturated rings. The monoisotopic (exact) mass is 192 g/mol. The van der Waals surface area contributed by atoms with Crippen molar-refractivity contribution in [3.63, 3.8) is 0 Å². The lowest BCUT2D eigenvalue weighted by atomic mass is 10.9. The second-order valence-electron chi connectivity index (χ2n) is 0.949. The Morgan fingerprint density at radius 3 is 0.583 bits per heavy atom. The van der Waals surface area contributed by atoms with Crippen LogP contribution >= 0.6 is 0 Å². The first-order valence-electron chi connectivity index (χ1n) is 3.07. The van der Waals surface area contributed by atoms with Gasteiger partial charge in [0.2, 0.25) is 0 Å². The molecule has 0 saturated carbocycles. The van der Waals surface area contributed by atoms with Gasteiger partial charge in [-0.15, -0.1) is 0 Å². The Morgan fingerprint density at radius 2 is 0.583 bits per heavy atom. The molecule has 6 nitrogen and oxygen atoms in total. The van der Waals surface area contributed by atoms with E-state index < -0.39 is 0 Å². The average molecular weight is 192 g/mol. The lowest BCUT2D eigenvalue weighted by Crippen LogP contribution is -1.57. The predicted molar refractivity (Wildman–Crippen MR) is 49.1 cm³/mol. The molecule has 0 aliphatic rings. The van der Waals surface area contributed by atoms with Gasteiger partial charge in [0.05, 0.1) is 0 Å². The summed E-state index contributed by atoms with van der Waals surface area (Å²) in [5, 5.41) is 22.7. The molecule has 9 N–H and O–H groups in total. The van der Waals surface area contributed by atoms with E-state index >= 15 is 0 Å². The van der Waals surface area contributed by atoms with Gasteiger partial charge in [-0.1, -0.05) is 0 Å². The molecule has 0 unspecified atom stereocenters. The van der Waals surface area contributed by atoms with Crippen molar-refractivity contribution in [3.05, 3.63) is 0 Å². The summed E-state index contributed by atoms with van der Waals surface area (Å²) < 4.78 is 0. The SMILES string of the molecule is CCO.CCO.CCO.O.O.O. The Labute approximate surface area is 73.4 Å². The van der Waals surface area contributed by atoms with Crippen LogP contribution in [0.15, 0.2) is 0 Å². The van der Waals surface area contributed by atoms with Crippen LogP contribution in [0.3, 0.4) is 0 Å². The van der Waals surface area contributed by atoms with E-state index in [-0.39, 0.29) is 36.2 Å². The number of hydrogen-bond acceptors (Lipinski definition) is 3. The van der Waals surface area contributed by atoms with Crippen LogP contribution in [0.5, 0.6) is 0 Å². The van der Waals surface area contributed by atoms with Crippen molar-refractivity contribution in [2.24, 2.45) is 0 Å². The molecular formula is C6H24O6. The molecule has 0 aliphatic heterocycles. The first kappa shape index (κ1) is 41.0. The Balaban J connectivity index is -0.00000001000. The third-order valence-electron chi connectivity index (χ3n) is 0. The summed E-state index contributed by atoms with van der Waals surface area (Å²) in [5.41, 5.74) is 0. The van der Waals surface area contributed by atoms with Gasteiger partial charge in [-0.05, 0) is 20.8 Å². The third kappa shape index (κ3) is 13000. The molecule has 0 saturated heterocycles. The second kappa shape index (κ2) is 135. The van der Waals surface area contributed by atoms with Gasteiger partial charge in [-0.3, -0.25) is 0 Å². The fraction of sp³-hybridized carbons (Fsp3) is 1.00. The zero-order chi connectivity index (χ0) is 8.12. The van der Waals surface area contributed by atoms with E-state index in [2.05, 4.69) is 0 Å². The minimum atomic E-state index is 0. The molecule has 0 atom stereocenters. The van der Waals surface area contributed by atoms with E-state index in [1.807, 2.05) is 0 Å². The van der Waals surface area contributed by atoms with Crippen LogP contribution in [-0.4, -0.2) is 51.6 Å². The summed E-state index contributed by atoms with van der Waals surface area (Å²) in [7, 11) is 0. The highest BCUT2D eigenvalue weighted by molar-refractivity contribution is 3.84. The van der Waals surface area contributed by atoms with Gasteiger partial charge in [-0.25, -0.2) is 0 Å². The summed E-state index contributed by atoms with van der Waals surface area (Å²) in [6, 6.07) is 0.